The van der Waals surface area contributed by atoms with Gasteiger partial charge in [-0.25, -0.2) is 14.2 Å². The molecule has 4 rings (SSSR count). The molecule has 0 aliphatic rings. The van der Waals surface area contributed by atoms with E-state index >= 15 is 0 Å². The molecule has 0 N–H and O–H groups in total. The highest BCUT2D eigenvalue weighted by atomic mass is 35.5. The number of halogens is 2. The van der Waals surface area contributed by atoms with Crippen LogP contribution in [0.5, 0.6) is 11.5 Å². The van der Waals surface area contributed by atoms with Crippen LogP contribution < -0.4 is 15.1 Å². The predicted octanol–water partition coefficient (Wildman–Crippen LogP) is 6.14. The van der Waals surface area contributed by atoms with Gasteiger partial charge in [0.05, 0.1) is 23.9 Å². The molecule has 0 bridgehead atoms. The Hall–Kier alpha value is -3.64. The Morgan fingerprint density at radius 1 is 0.969 bits per heavy atom. The number of benzene rings is 3. The average Bonchev–Trinajstić information content (AvgIpc) is 2.79. The first kappa shape index (κ1) is 21.6. The van der Waals surface area contributed by atoms with Crippen LogP contribution in [0.4, 0.5) is 4.39 Å². The highest BCUT2D eigenvalue weighted by molar-refractivity contribution is 6.30. The van der Waals surface area contributed by atoms with E-state index in [0.29, 0.717) is 41.0 Å². The fourth-order valence-corrected chi connectivity index (χ4v) is 3.22. The lowest BCUT2D eigenvalue weighted by Gasteiger charge is -2.13. The minimum Gasteiger partial charge on any atom is -0.490 e. The van der Waals surface area contributed by atoms with Crippen molar-refractivity contribution in [2.24, 2.45) is 0 Å². The van der Waals surface area contributed by atoms with Gasteiger partial charge in [-0.2, -0.15) is 0 Å². The van der Waals surface area contributed by atoms with Crippen molar-refractivity contribution >= 4 is 11.6 Å². The van der Waals surface area contributed by atoms with Crippen LogP contribution in [-0.2, 0) is 6.61 Å². The van der Waals surface area contributed by atoms with Gasteiger partial charge in [0, 0.05) is 10.6 Å². The summed E-state index contributed by atoms with van der Waals surface area (Å²) in [5.41, 5.74) is 1.38. The minimum atomic E-state index is -0.630. The number of nitrogens with zero attached hydrogens (tertiary/aromatic N) is 1. The van der Waals surface area contributed by atoms with E-state index in [1.165, 1.54) is 18.2 Å². The average molecular weight is 452 g/mol. The molecule has 5 nitrogen and oxygen atoms in total. The van der Waals surface area contributed by atoms with Crippen molar-refractivity contribution in [2.45, 2.75) is 13.5 Å². The summed E-state index contributed by atoms with van der Waals surface area (Å²) < 4.78 is 30.9. The molecule has 0 radical (unpaired) electrons. The first-order valence-corrected chi connectivity index (χ1v) is 10.3. The van der Waals surface area contributed by atoms with Crippen LogP contribution >= 0.6 is 11.6 Å². The zero-order valence-corrected chi connectivity index (χ0v) is 17.9. The molecule has 0 unspecified atom stereocenters. The van der Waals surface area contributed by atoms with Crippen molar-refractivity contribution in [3.05, 3.63) is 99.6 Å². The van der Waals surface area contributed by atoms with Crippen molar-refractivity contribution in [2.75, 3.05) is 6.61 Å². The van der Waals surface area contributed by atoms with Gasteiger partial charge < -0.3 is 13.9 Å². The van der Waals surface area contributed by atoms with Gasteiger partial charge in [-0.1, -0.05) is 35.9 Å². The molecule has 0 aliphatic carbocycles. The van der Waals surface area contributed by atoms with Crippen LogP contribution in [0.2, 0.25) is 5.02 Å². The highest BCUT2D eigenvalue weighted by Crippen LogP contribution is 2.33. The first-order valence-electron chi connectivity index (χ1n) is 9.95. The topological polar surface area (TPSA) is 61.6 Å². The summed E-state index contributed by atoms with van der Waals surface area (Å²) in [5, 5.41) is 0.655. The van der Waals surface area contributed by atoms with Crippen LogP contribution in [0.15, 0.2) is 82.0 Å². The number of ether oxygens (including phenoxy) is 2. The van der Waals surface area contributed by atoms with Crippen molar-refractivity contribution in [1.82, 2.24) is 4.98 Å². The van der Waals surface area contributed by atoms with Crippen molar-refractivity contribution in [1.29, 1.82) is 0 Å². The monoisotopic (exact) mass is 451 g/mol. The lowest BCUT2D eigenvalue weighted by atomic mass is 10.1. The summed E-state index contributed by atoms with van der Waals surface area (Å²) in [4.78, 5) is 16.5. The Labute approximate surface area is 189 Å². The Kier molecular flexibility index (Phi) is 6.52. The molecule has 0 atom stereocenters. The van der Waals surface area contributed by atoms with Crippen LogP contribution in [-0.4, -0.2) is 11.6 Å². The van der Waals surface area contributed by atoms with Gasteiger partial charge in [-0.3, -0.25) is 0 Å². The van der Waals surface area contributed by atoms with Gasteiger partial charge in [0.2, 0.25) is 5.89 Å². The fourth-order valence-electron chi connectivity index (χ4n) is 3.10. The third-order valence-corrected chi connectivity index (χ3v) is 4.88. The smallest absolute Gasteiger partial charge is 0.339 e. The quantitative estimate of drug-likeness (QED) is 0.338. The van der Waals surface area contributed by atoms with Crippen LogP contribution in [0, 0.1) is 5.82 Å². The van der Waals surface area contributed by atoms with E-state index < -0.39 is 11.4 Å². The minimum absolute atomic E-state index is 0.0911. The third-order valence-electron chi connectivity index (χ3n) is 4.63. The summed E-state index contributed by atoms with van der Waals surface area (Å²) in [7, 11) is 0. The fraction of sp³-hybridized carbons (Fsp3) is 0.120. The van der Waals surface area contributed by atoms with E-state index in [-0.39, 0.29) is 11.5 Å². The molecule has 3 aromatic carbocycles. The molecule has 1 aromatic heterocycles. The van der Waals surface area contributed by atoms with E-state index in [1.54, 1.807) is 42.5 Å². The Morgan fingerprint density at radius 2 is 1.75 bits per heavy atom. The summed E-state index contributed by atoms with van der Waals surface area (Å²) in [6.45, 7) is 2.62. The van der Waals surface area contributed by atoms with Crippen molar-refractivity contribution in [3.63, 3.8) is 0 Å². The number of aromatic nitrogens is 1. The number of hydrogen-bond acceptors (Lipinski definition) is 5. The Bertz CT molecular complexity index is 1290. The molecule has 32 heavy (non-hydrogen) atoms. The zero-order valence-electron chi connectivity index (χ0n) is 17.2. The van der Waals surface area contributed by atoms with Gasteiger partial charge >= 0.3 is 5.63 Å². The molecule has 7 heteroatoms. The van der Waals surface area contributed by atoms with Gasteiger partial charge in [0.15, 0.2) is 11.5 Å². The molecule has 4 aromatic rings. The Balaban J connectivity index is 1.65. The molecule has 0 amide bonds. The molecular formula is C25H19ClFNO4. The molecular weight excluding hydrogens is 433 g/mol. The molecule has 0 spiro atoms. The van der Waals surface area contributed by atoms with Gasteiger partial charge in [-0.15, -0.1) is 0 Å². The second kappa shape index (κ2) is 9.66. The molecule has 162 valence electrons. The second-order valence-electron chi connectivity index (χ2n) is 6.86. The maximum Gasteiger partial charge on any atom is 0.339 e. The van der Waals surface area contributed by atoms with Crippen LogP contribution in [0.1, 0.15) is 12.5 Å². The van der Waals surface area contributed by atoms with Crippen molar-refractivity contribution < 1.29 is 18.3 Å². The predicted molar refractivity (Wildman–Crippen MR) is 121 cm³/mol. The zero-order chi connectivity index (χ0) is 22.5. The largest absolute Gasteiger partial charge is 0.490 e. The van der Waals surface area contributed by atoms with Gasteiger partial charge in [0.25, 0.3) is 0 Å². The van der Waals surface area contributed by atoms with E-state index in [0.717, 1.165) is 5.56 Å². The highest BCUT2D eigenvalue weighted by Gasteiger charge is 2.14. The van der Waals surface area contributed by atoms with E-state index in [4.69, 9.17) is 25.5 Å². The van der Waals surface area contributed by atoms with E-state index in [1.807, 2.05) is 19.1 Å². The molecule has 0 saturated heterocycles. The van der Waals surface area contributed by atoms with E-state index in [2.05, 4.69) is 4.98 Å². The lowest BCUT2D eigenvalue weighted by Crippen LogP contribution is -2.04. The number of hydrogen-bond donors (Lipinski definition) is 0. The molecule has 0 saturated carbocycles. The normalized spacial score (nSPS) is 10.7. The third kappa shape index (κ3) is 4.98. The SMILES string of the molecule is CCOc1cc(-c2cc(=O)oc(-c3ccccc3F)n2)ccc1OCc1ccc(Cl)cc1. The summed E-state index contributed by atoms with van der Waals surface area (Å²) >= 11 is 5.92. The first-order chi connectivity index (χ1) is 15.5. The second-order valence-corrected chi connectivity index (χ2v) is 7.29. The van der Waals surface area contributed by atoms with Gasteiger partial charge in [-0.05, 0) is 55.0 Å². The maximum absolute atomic E-state index is 14.2. The van der Waals surface area contributed by atoms with E-state index in [9.17, 15) is 9.18 Å². The Morgan fingerprint density at radius 3 is 2.50 bits per heavy atom. The standard InChI is InChI=1S/C25H19ClFNO4/c1-2-30-23-13-17(9-12-22(23)31-15-16-7-10-18(26)11-8-16)21-14-24(29)32-25(28-21)19-5-3-4-6-20(19)27/h3-14H,2,15H2,1H3. The maximum atomic E-state index is 14.2. The summed E-state index contributed by atoms with van der Waals surface area (Å²) in [6.07, 6.45) is 0. The van der Waals surface area contributed by atoms with Crippen LogP contribution in [0.3, 0.4) is 0 Å². The lowest BCUT2D eigenvalue weighted by molar-refractivity contribution is 0.269. The summed E-state index contributed by atoms with van der Waals surface area (Å²) in [6, 6.07) is 19.8. The summed E-state index contributed by atoms with van der Waals surface area (Å²) in [5.74, 6) is 0.428. The molecule has 0 fully saturated rings. The van der Waals surface area contributed by atoms with Crippen LogP contribution in [0.25, 0.3) is 22.7 Å². The van der Waals surface area contributed by atoms with Crippen molar-refractivity contribution in [3.8, 4) is 34.2 Å². The number of rotatable bonds is 7. The molecule has 0 aliphatic heterocycles. The van der Waals surface area contributed by atoms with Gasteiger partial charge in [0.1, 0.15) is 12.4 Å². The molecule has 1 heterocycles.